The van der Waals surface area contributed by atoms with Crippen molar-refractivity contribution in [3.8, 4) is 5.75 Å². The molecule has 0 aliphatic heterocycles. The van der Waals surface area contributed by atoms with E-state index in [1.54, 1.807) is 27.0 Å². The molecule has 0 saturated heterocycles. The number of carbonyl (C=O) groups is 1. The first-order valence-electron chi connectivity index (χ1n) is 8.34. The number of allylic oxidation sites excluding steroid dienone is 6. The predicted octanol–water partition coefficient (Wildman–Crippen LogP) is 5.55. The minimum atomic E-state index is -0.464. The monoisotopic (exact) mass is 358 g/mol. The number of aryl methyl sites for hydroxylation is 1. The topological polar surface area (TPSA) is 35.5 Å². The van der Waals surface area contributed by atoms with Crippen molar-refractivity contribution in [1.82, 2.24) is 0 Å². The lowest BCUT2D eigenvalue weighted by molar-refractivity contribution is -0.134. The van der Waals surface area contributed by atoms with E-state index in [2.05, 4.69) is 4.74 Å². The fraction of sp³-hybridized carbons (Fsp3) is 0.318. The number of esters is 1. The highest BCUT2D eigenvalue weighted by Gasteiger charge is 2.08. The lowest BCUT2D eigenvalue weighted by Crippen LogP contribution is -1.96. The van der Waals surface area contributed by atoms with Gasteiger partial charge in [-0.25, -0.2) is 9.18 Å². The summed E-state index contributed by atoms with van der Waals surface area (Å²) in [5.41, 5.74) is 5.42. The van der Waals surface area contributed by atoms with E-state index < -0.39 is 5.97 Å². The van der Waals surface area contributed by atoms with E-state index in [0.29, 0.717) is 11.1 Å². The van der Waals surface area contributed by atoms with Crippen LogP contribution in [0.25, 0.3) is 6.08 Å². The van der Waals surface area contributed by atoms with Crippen molar-refractivity contribution in [2.24, 2.45) is 0 Å². The molecular weight excluding hydrogens is 331 g/mol. The molecule has 1 rings (SSSR count). The molecule has 0 unspecified atom stereocenters. The van der Waals surface area contributed by atoms with Crippen molar-refractivity contribution in [2.45, 2.75) is 34.6 Å². The van der Waals surface area contributed by atoms with Gasteiger partial charge in [-0.2, -0.15) is 0 Å². The Hall–Kier alpha value is -2.62. The Morgan fingerprint density at radius 2 is 1.69 bits per heavy atom. The summed E-state index contributed by atoms with van der Waals surface area (Å²) in [6.07, 6.45) is 7.85. The minimum absolute atomic E-state index is 0.362. The van der Waals surface area contributed by atoms with E-state index in [9.17, 15) is 9.18 Å². The minimum Gasteiger partial charge on any atom is -0.496 e. The molecule has 0 N–H and O–H groups in total. The largest absolute Gasteiger partial charge is 0.496 e. The summed E-state index contributed by atoms with van der Waals surface area (Å²) >= 11 is 0. The van der Waals surface area contributed by atoms with Crippen LogP contribution in [0.4, 0.5) is 4.39 Å². The lowest BCUT2D eigenvalue weighted by atomic mass is 9.96. The zero-order chi connectivity index (χ0) is 19.9. The number of halogens is 1. The van der Waals surface area contributed by atoms with Gasteiger partial charge in [0.15, 0.2) is 0 Å². The van der Waals surface area contributed by atoms with Gasteiger partial charge in [-0.15, -0.1) is 0 Å². The van der Waals surface area contributed by atoms with Crippen molar-refractivity contribution in [3.63, 3.8) is 0 Å². The molecule has 0 radical (unpaired) electrons. The van der Waals surface area contributed by atoms with Crippen LogP contribution in [0, 0.1) is 20.8 Å². The molecule has 26 heavy (non-hydrogen) atoms. The van der Waals surface area contributed by atoms with Crippen LogP contribution in [0.5, 0.6) is 5.75 Å². The maximum atomic E-state index is 14.3. The first kappa shape index (κ1) is 21.4. The molecular formula is C22H27FO3. The van der Waals surface area contributed by atoms with Gasteiger partial charge >= 0.3 is 5.97 Å². The first-order valence-corrected chi connectivity index (χ1v) is 8.34. The Morgan fingerprint density at radius 1 is 1.04 bits per heavy atom. The van der Waals surface area contributed by atoms with E-state index in [4.69, 9.17) is 4.74 Å². The Bertz CT molecular complexity index is 796. The summed E-state index contributed by atoms with van der Waals surface area (Å²) in [6.45, 7) is 9.45. The van der Waals surface area contributed by atoms with Gasteiger partial charge < -0.3 is 9.47 Å². The number of hydrogen-bond acceptors (Lipinski definition) is 3. The number of hydrogen-bond donors (Lipinski definition) is 0. The van der Waals surface area contributed by atoms with Crippen molar-refractivity contribution in [3.05, 3.63) is 69.6 Å². The molecule has 1 aromatic carbocycles. The van der Waals surface area contributed by atoms with Crippen molar-refractivity contribution in [2.75, 3.05) is 14.2 Å². The molecule has 0 spiro atoms. The van der Waals surface area contributed by atoms with Crippen LogP contribution in [0.15, 0.2) is 47.3 Å². The van der Waals surface area contributed by atoms with E-state index in [1.165, 1.54) is 25.3 Å². The molecule has 140 valence electrons. The molecule has 0 aromatic heterocycles. The van der Waals surface area contributed by atoms with Crippen LogP contribution in [-0.2, 0) is 9.53 Å². The zero-order valence-corrected chi connectivity index (χ0v) is 16.6. The predicted molar refractivity (Wildman–Crippen MR) is 105 cm³/mol. The molecule has 0 aliphatic carbocycles. The van der Waals surface area contributed by atoms with Crippen molar-refractivity contribution >= 4 is 12.0 Å². The number of carbonyl (C=O) groups excluding carboxylic acids is 1. The van der Waals surface area contributed by atoms with Gasteiger partial charge in [-0.3, -0.25) is 0 Å². The van der Waals surface area contributed by atoms with E-state index >= 15 is 0 Å². The van der Waals surface area contributed by atoms with Gasteiger partial charge in [-0.05, 0) is 80.2 Å². The van der Waals surface area contributed by atoms with Crippen LogP contribution >= 0.6 is 0 Å². The fourth-order valence-corrected chi connectivity index (χ4v) is 2.45. The maximum absolute atomic E-state index is 14.3. The molecule has 3 nitrogen and oxygen atoms in total. The van der Waals surface area contributed by atoms with Gasteiger partial charge in [0.1, 0.15) is 11.6 Å². The third kappa shape index (κ3) is 5.73. The summed E-state index contributed by atoms with van der Waals surface area (Å²) in [5, 5.41) is 0. The van der Waals surface area contributed by atoms with Crippen LogP contribution in [0.1, 0.15) is 36.1 Å². The van der Waals surface area contributed by atoms with E-state index in [0.717, 1.165) is 28.0 Å². The van der Waals surface area contributed by atoms with Crippen molar-refractivity contribution < 1.29 is 18.7 Å². The fourth-order valence-electron chi connectivity index (χ4n) is 2.45. The second-order valence-electron chi connectivity index (χ2n) is 6.17. The second-order valence-corrected chi connectivity index (χ2v) is 6.17. The van der Waals surface area contributed by atoms with Crippen LogP contribution in [0.3, 0.4) is 0 Å². The first-order chi connectivity index (χ1) is 12.2. The van der Waals surface area contributed by atoms with Crippen LogP contribution < -0.4 is 4.74 Å². The number of ether oxygens (including phenoxy) is 2. The molecule has 0 aliphatic rings. The SMILES string of the molecule is COC(=O)/C=C(C)/C=C/C(F)=C(C)/C=C/c1c(C)cc(OC)c(C)c1C. The molecule has 0 bridgehead atoms. The smallest absolute Gasteiger partial charge is 0.330 e. The van der Waals surface area contributed by atoms with Gasteiger partial charge in [0, 0.05) is 6.08 Å². The Kier molecular flexibility index (Phi) is 8.04. The molecule has 0 heterocycles. The standard InChI is InChI=1S/C22H27FO3/c1-14(12-22(24)26-7)8-11-20(23)15(2)9-10-19-16(3)13-21(25-6)18(5)17(19)4/h8-13H,1-7H3/b10-9+,11-8+,14-12+,20-15-. The third-order valence-corrected chi connectivity index (χ3v) is 4.24. The van der Waals surface area contributed by atoms with E-state index in [-0.39, 0.29) is 5.83 Å². The summed E-state index contributed by atoms with van der Waals surface area (Å²) in [6, 6.07) is 1.98. The average molecular weight is 358 g/mol. The van der Waals surface area contributed by atoms with Crippen LogP contribution in [-0.4, -0.2) is 20.2 Å². The molecule has 1 aromatic rings. The van der Waals surface area contributed by atoms with Crippen molar-refractivity contribution in [1.29, 1.82) is 0 Å². The van der Waals surface area contributed by atoms with E-state index in [1.807, 2.05) is 32.9 Å². The van der Waals surface area contributed by atoms with Gasteiger partial charge in [0.05, 0.1) is 14.2 Å². The summed E-state index contributed by atoms with van der Waals surface area (Å²) in [7, 11) is 2.96. The molecule has 0 amide bonds. The number of methoxy groups -OCH3 is 2. The Balaban J connectivity index is 3.07. The molecule has 0 fully saturated rings. The highest BCUT2D eigenvalue weighted by Crippen LogP contribution is 2.28. The maximum Gasteiger partial charge on any atom is 0.330 e. The number of benzene rings is 1. The quantitative estimate of drug-likeness (QED) is 0.380. The van der Waals surface area contributed by atoms with Gasteiger partial charge in [-0.1, -0.05) is 18.2 Å². The summed E-state index contributed by atoms with van der Waals surface area (Å²) in [4.78, 5) is 11.1. The lowest BCUT2D eigenvalue weighted by Gasteiger charge is -2.13. The number of rotatable bonds is 6. The summed E-state index contributed by atoms with van der Waals surface area (Å²) < 4.78 is 24.2. The Morgan fingerprint density at radius 3 is 2.27 bits per heavy atom. The highest BCUT2D eigenvalue weighted by atomic mass is 19.1. The zero-order valence-electron chi connectivity index (χ0n) is 16.6. The highest BCUT2D eigenvalue weighted by molar-refractivity contribution is 5.83. The normalized spacial score (nSPS) is 13.3. The van der Waals surface area contributed by atoms with Gasteiger partial charge in [0.2, 0.25) is 0 Å². The Labute approximate surface area is 155 Å². The average Bonchev–Trinajstić information content (AvgIpc) is 2.61. The van der Waals surface area contributed by atoms with Crippen LogP contribution in [0.2, 0.25) is 0 Å². The third-order valence-electron chi connectivity index (χ3n) is 4.24. The van der Waals surface area contributed by atoms with Gasteiger partial charge in [0.25, 0.3) is 0 Å². The molecule has 4 heteroatoms. The molecule has 0 atom stereocenters. The summed E-state index contributed by atoms with van der Waals surface area (Å²) in [5.74, 6) is 0.0276. The second kappa shape index (κ2) is 9.76. The molecule has 0 saturated carbocycles.